The van der Waals surface area contributed by atoms with E-state index in [0.717, 1.165) is 49.6 Å². The van der Waals surface area contributed by atoms with Crippen LogP contribution >= 0.6 is 11.3 Å². The molecule has 0 N–H and O–H groups in total. The fraction of sp³-hybridized carbons (Fsp3) is 0. The highest BCUT2D eigenvalue weighted by atomic mass is 32.1. The van der Waals surface area contributed by atoms with Crippen molar-refractivity contribution >= 4 is 86.0 Å². The van der Waals surface area contributed by atoms with Crippen LogP contribution in [0.5, 0.6) is 0 Å². The fourth-order valence-electron chi connectivity index (χ4n) is 8.04. The summed E-state index contributed by atoms with van der Waals surface area (Å²) < 4.78 is 15.5. The predicted molar refractivity (Wildman–Crippen MR) is 208 cm³/mol. The molecule has 11 rings (SSSR count). The highest BCUT2D eigenvalue weighted by Gasteiger charge is 2.21. The first kappa shape index (κ1) is 26.9. The fourth-order valence-corrected chi connectivity index (χ4v) is 9.17. The molecule has 8 aromatic carbocycles. The predicted octanol–water partition coefficient (Wildman–Crippen LogP) is 14.0. The van der Waals surface area contributed by atoms with Gasteiger partial charge in [-0.2, -0.15) is 0 Å². The number of benzene rings is 8. The van der Waals surface area contributed by atoms with E-state index >= 15 is 0 Å². The summed E-state index contributed by atoms with van der Waals surface area (Å²) in [5.41, 5.74) is 9.52. The molecule has 2 nitrogen and oxygen atoms in total. The molecule has 3 heteroatoms. The summed E-state index contributed by atoms with van der Waals surface area (Å²) in [6.07, 6.45) is 1.84. The van der Waals surface area contributed by atoms with Gasteiger partial charge in [-0.1, -0.05) is 115 Å². The Balaban J connectivity index is 1.17. The van der Waals surface area contributed by atoms with Crippen LogP contribution in [0.3, 0.4) is 0 Å². The van der Waals surface area contributed by atoms with E-state index < -0.39 is 0 Å². The molecule has 49 heavy (non-hydrogen) atoms. The first-order valence-corrected chi connectivity index (χ1v) is 17.4. The molecule has 0 bridgehead atoms. The molecular weight excluding hydrogens is 617 g/mol. The normalized spacial score (nSPS) is 12.1. The van der Waals surface area contributed by atoms with Crippen molar-refractivity contribution in [2.75, 3.05) is 0 Å². The minimum absolute atomic E-state index is 0.782. The Kier molecular flexibility index (Phi) is 5.57. The summed E-state index contributed by atoms with van der Waals surface area (Å²) in [5, 5.41) is 10.8. The third-order valence-electron chi connectivity index (χ3n) is 10.2. The van der Waals surface area contributed by atoms with Gasteiger partial charge in [-0.3, -0.25) is 0 Å². The third-order valence-corrected chi connectivity index (χ3v) is 11.3. The summed E-state index contributed by atoms with van der Waals surface area (Å²) in [6.45, 7) is 0. The Morgan fingerprint density at radius 3 is 1.80 bits per heavy atom. The van der Waals surface area contributed by atoms with Gasteiger partial charge in [0.15, 0.2) is 11.2 Å². The van der Waals surface area contributed by atoms with Crippen LogP contribution in [0.15, 0.2) is 167 Å². The van der Waals surface area contributed by atoms with Gasteiger partial charge in [0.2, 0.25) is 0 Å². The van der Waals surface area contributed by atoms with Gasteiger partial charge < -0.3 is 8.83 Å². The highest BCUT2D eigenvalue weighted by molar-refractivity contribution is 7.25. The molecule has 228 valence electrons. The van der Waals surface area contributed by atoms with Crippen LogP contribution in [0.25, 0.3) is 108 Å². The average molecular weight is 643 g/mol. The zero-order valence-electron chi connectivity index (χ0n) is 26.2. The molecule has 0 fully saturated rings. The summed E-state index contributed by atoms with van der Waals surface area (Å²) in [4.78, 5) is 0. The molecule has 0 radical (unpaired) electrons. The zero-order chi connectivity index (χ0) is 32.1. The zero-order valence-corrected chi connectivity index (χ0v) is 27.1. The quantitative estimate of drug-likeness (QED) is 0.179. The number of hydrogen-bond acceptors (Lipinski definition) is 3. The van der Waals surface area contributed by atoms with Crippen molar-refractivity contribution in [3.63, 3.8) is 0 Å². The summed E-state index contributed by atoms with van der Waals surface area (Å²) in [6, 6.07) is 54.6. The van der Waals surface area contributed by atoms with Crippen molar-refractivity contribution in [2.45, 2.75) is 0 Å². The van der Waals surface area contributed by atoms with Gasteiger partial charge >= 0.3 is 0 Å². The smallest absolute Gasteiger partial charge is 0.178 e. The lowest BCUT2D eigenvalue weighted by atomic mass is 9.85. The van der Waals surface area contributed by atoms with E-state index in [4.69, 9.17) is 8.83 Å². The second kappa shape index (κ2) is 10.2. The van der Waals surface area contributed by atoms with Crippen LogP contribution in [-0.2, 0) is 0 Å². The maximum atomic E-state index is 6.68. The first-order valence-electron chi connectivity index (χ1n) is 16.6. The van der Waals surface area contributed by atoms with Gasteiger partial charge in [0.25, 0.3) is 0 Å². The van der Waals surface area contributed by atoms with Crippen molar-refractivity contribution < 1.29 is 8.83 Å². The Morgan fingerprint density at radius 2 is 1.02 bits per heavy atom. The molecule has 0 amide bonds. The van der Waals surface area contributed by atoms with Crippen molar-refractivity contribution in [3.8, 4) is 33.4 Å². The lowest BCUT2D eigenvalue weighted by molar-refractivity contribution is 0.600. The largest absolute Gasteiger partial charge is 0.460 e. The minimum Gasteiger partial charge on any atom is -0.460 e. The number of thiophene rings is 1. The summed E-state index contributed by atoms with van der Waals surface area (Å²) in [5.74, 6) is 0. The molecule has 0 aliphatic carbocycles. The molecule has 0 spiro atoms. The van der Waals surface area contributed by atoms with Gasteiger partial charge in [0, 0.05) is 41.9 Å². The van der Waals surface area contributed by atoms with E-state index in [1.165, 1.54) is 58.4 Å². The molecule has 11 aromatic rings. The van der Waals surface area contributed by atoms with Crippen LogP contribution in [0.1, 0.15) is 0 Å². The molecule has 0 unspecified atom stereocenters. The van der Waals surface area contributed by atoms with Gasteiger partial charge in [-0.15, -0.1) is 11.3 Å². The first-order chi connectivity index (χ1) is 24.3. The van der Waals surface area contributed by atoms with Crippen molar-refractivity contribution in [3.05, 3.63) is 158 Å². The molecule has 0 saturated heterocycles. The monoisotopic (exact) mass is 642 g/mol. The summed E-state index contributed by atoms with van der Waals surface area (Å²) in [7, 11) is 0. The third kappa shape index (κ3) is 3.82. The Labute approximate surface area is 285 Å². The molecule has 3 aromatic heterocycles. The van der Waals surface area contributed by atoms with E-state index in [-0.39, 0.29) is 0 Å². The van der Waals surface area contributed by atoms with Crippen LogP contribution in [0.2, 0.25) is 0 Å². The van der Waals surface area contributed by atoms with Crippen LogP contribution < -0.4 is 0 Å². The summed E-state index contributed by atoms with van der Waals surface area (Å²) >= 11 is 1.87. The molecular formula is C46H26O2S. The second-order valence-electron chi connectivity index (χ2n) is 12.8. The van der Waals surface area contributed by atoms with E-state index in [9.17, 15) is 0 Å². The maximum Gasteiger partial charge on any atom is 0.178 e. The van der Waals surface area contributed by atoms with Crippen LogP contribution in [0, 0.1) is 0 Å². The van der Waals surface area contributed by atoms with Crippen molar-refractivity contribution in [1.82, 2.24) is 0 Å². The van der Waals surface area contributed by atoms with E-state index in [2.05, 4.69) is 146 Å². The highest BCUT2D eigenvalue weighted by Crippen LogP contribution is 2.48. The number of hydrogen-bond donors (Lipinski definition) is 0. The molecule has 0 atom stereocenters. The SMILES string of the molecule is c1ccc(-c2coc3c2ccc2c4ccc(-c5c6ccccc6c(-c6cccc7sc8ccccc8c67)c6ccccc56)cc4oc23)cc1. The van der Waals surface area contributed by atoms with E-state index in [0.29, 0.717) is 0 Å². The lowest BCUT2D eigenvalue weighted by Gasteiger charge is -2.18. The van der Waals surface area contributed by atoms with Crippen LogP contribution in [-0.4, -0.2) is 0 Å². The average Bonchev–Trinajstić information content (AvgIpc) is 3.87. The van der Waals surface area contributed by atoms with Gasteiger partial charge in [-0.05, 0) is 85.8 Å². The van der Waals surface area contributed by atoms with Crippen LogP contribution in [0.4, 0.5) is 0 Å². The minimum atomic E-state index is 0.782. The molecule has 0 saturated carbocycles. The second-order valence-corrected chi connectivity index (χ2v) is 13.8. The molecule has 3 heterocycles. The van der Waals surface area contributed by atoms with E-state index in [1.54, 1.807) is 0 Å². The standard InChI is InChI=1S/C46H26O2S/c1-2-11-27(12-3-1)38-26-47-45-35(38)24-23-34-29-22-21-28(25-39(29)48-46(34)45)42-30-13-4-6-15-32(30)43(33-16-7-5-14-31(33)42)37-18-10-20-41-44(37)36-17-8-9-19-40(36)49-41/h1-26H. The Hall–Kier alpha value is -6.16. The number of fused-ring (bicyclic) bond motifs is 10. The molecule has 0 aliphatic heterocycles. The Morgan fingerprint density at radius 1 is 0.388 bits per heavy atom. The maximum absolute atomic E-state index is 6.68. The van der Waals surface area contributed by atoms with Gasteiger partial charge in [0.05, 0.1) is 6.26 Å². The van der Waals surface area contributed by atoms with E-state index in [1.807, 2.05) is 23.7 Å². The van der Waals surface area contributed by atoms with Gasteiger partial charge in [-0.25, -0.2) is 0 Å². The van der Waals surface area contributed by atoms with Crippen molar-refractivity contribution in [1.29, 1.82) is 0 Å². The lowest BCUT2D eigenvalue weighted by Crippen LogP contribution is -1.91. The Bertz CT molecular complexity index is 3050. The van der Waals surface area contributed by atoms with Crippen molar-refractivity contribution in [2.24, 2.45) is 0 Å². The number of furan rings is 2. The number of rotatable bonds is 3. The molecule has 0 aliphatic rings. The van der Waals surface area contributed by atoms with Gasteiger partial charge in [0.1, 0.15) is 5.58 Å². The topological polar surface area (TPSA) is 26.3 Å².